The van der Waals surface area contributed by atoms with Crippen LogP contribution in [-0.4, -0.2) is 24.1 Å². The zero-order valence-electron chi connectivity index (χ0n) is 18.9. The number of amides is 1. The van der Waals surface area contributed by atoms with E-state index in [9.17, 15) is 4.79 Å². The lowest BCUT2D eigenvalue weighted by atomic mass is 9.87. The van der Waals surface area contributed by atoms with E-state index >= 15 is 0 Å². The molecule has 0 bridgehead atoms. The van der Waals surface area contributed by atoms with Crippen LogP contribution in [0.15, 0.2) is 35.4 Å². The first-order valence-electron chi connectivity index (χ1n) is 10.6. The summed E-state index contributed by atoms with van der Waals surface area (Å²) in [5.41, 5.74) is 4.21. The average molecular weight is 460 g/mol. The number of hydrogen-bond donors (Lipinski definition) is 2. The first-order valence-corrected chi connectivity index (χ1v) is 11.4. The molecule has 6 heteroatoms. The van der Waals surface area contributed by atoms with Crippen LogP contribution in [0.5, 0.6) is 0 Å². The van der Waals surface area contributed by atoms with Gasteiger partial charge in [0.2, 0.25) is 5.91 Å². The van der Waals surface area contributed by atoms with Crippen molar-refractivity contribution in [3.63, 3.8) is 0 Å². The molecule has 1 heterocycles. The lowest BCUT2D eigenvalue weighted by Crippen LogP contribution is -2.34. The van der Waals surface area contributed by atoms with Crippen molar-refractivity contribution in [1.29, 1.82) is 0 Å². The highest BCUT2D eigenvalue weighted by atomic mass is 35.5. The Kier molecular flexibility index (Phi) is 7.35. The van der Waals surface area contributed by atoms with Crippen molar-refractivity contribution < 1.29 is 4.79 Å². The van der Waals surface area contributed by atoms with E-state index in [2.05, 4.69) is 55.0 Å². The van der Waals surface area contributed by atoms with E-state index in [1.54, 1.807) is 0 Å². The Morgan fingerprint density at radius 2 is 1.97 bits per heavy atom. The number of nitrogens with zero attached hydrogens (tertiary/aromatic N) is 1. The minimum absolute atomic E-state index is 0.0190. The van der Waals surface area contributed by atoms with Gasteiger partial charge in [0, 0.05) is 33.4 Å². The Hall–Kier alpha value is -2.01. The van der Waals surface area contributed by atoms with Crippen molar-refractivity contribution in [3.8, 4) is 0 Å². The van der Waals surface area contributed by atoms with Crippen LogP contribution in [0, 0.1) is 6.92 Å². The van der Waals surface area contributed by atoms with Crippen LogP contribution < -0.4 is 21.2 Å². The highest BCUT2D eigenvalue weighted by Gasteiger charge is 2.18. The van der Waals surface area contributed by atoms with Crippen LogP contribution in [0.1, 0.15) is 44.0 Å². The predicted molar refractivity (Wildman–Crippen MR) is 132 cm³/mol. The summed E-state index contributed by atoms with van der Waals surface area (Å²) in [6.07, 6.45) is 5.29. The molecule has 31 heavy (non-hydrogen) atoms. The Balaban J connectivity index is 1.96. The van der Waals surface area contributed by atoms with Crippen LogP contribution in [0.4, 0.5) is 5.69 Å². The van der Waals surface area contributed by atoms with Crippen molar-refractivity contribution in [3.05, 3.63) is 62.8 Å². The summed E-state index contributed by atoms with van der Waals surface area (Å²) < 4.78 is 2.05. The second-order valence-corrected chi connectivity index (χ2v) is 9.88. The molecule has 0 spiro atoms. The van der Waals surface area contributed by atoms with E-state index in [4.69, 9.17) is 23.2 Å². The first kappa shape index (κ1) is 23.6. The summed E-state index contributed by atoms with van der Waals surface area (Å²) >= 11 is 12.9. The highest BCUT2D eigenvalue weighted by molar-refractivity contribution is 6.48. The van der Waals surface area contributed by atoms with E-state index in [0.29, 0.717) is 16.5 Å². The number of allylic oxidation sites excluding steroid dienone is 2. The number of nitrogens with one attached hydrogen (secondary N) is 2. The normalized spacial score (nSPS) is 13.9. The summed E-state index contributed by atoms with van der Waals surface area (Å²) in [5, 5.41) is 9.51. The number of carbonyl (C=O) groups is 1. The van der Waals surface area contributed by atoms with E-state index in [-0.39, 0.29) is 17.9 Å². The van der Waals surface area contributed by atoms with Crippen molar-refractivity contribution >= 4 is 45.9 Å². The Morgan fingerprint density at radius 1 is 1.23 bits per heavy atom. The zero-order valence-corrected chi connectivity index (χ0v) is 20.4. The Morgan fingerprint density at radius 3 is 2.65 bits per heavy atom. The summed E-state index contributed by atoms with van der Waals surface area (Å²) in [7, 11) is 1.93. The van der Waals surface area contributed by atoms with E-state index in [1.807, 2.05) is 31.3 Å². The van der Waals surface area contributed by atoms with Crippen LogP contribution in [0.2, 0.25) is 0 Å². The number of fused-ring (bicyclic) bond motifs is 1. The third kappa shape index (κ3) is 5.43. The molecule has 0 fully saturated rings. The molecule has 0 aliphatic heterocycles. The summed E-state index contributed by atoms with van der Waals surface area (Å²) in [5.74, 6) is -0.0695. The molecule has 1 amide bonds. The third-order valence-electron chi connectivity index (χ3n) is 5.64. The van der Waals surface area contributed by atoms with E-state index in [0.717, 1.165) is 40.5 Å². The Labute approximate surface area is 194 Å². The molecule has 1 aromatic heterocycles. The molecule has 0 unspecified atom stereocenters. The third-order valence-corrected chi connectivity index (χ3v) is 6.20. The standard InChI is InChI=1S/C25H31Cl2N3O/c1-16-20(11-12-28-5)24-21(27)14-18(26)9-10-22(24)30(16)15-23(31)29-19-8-6-7-17(13-19)25(2,3)4/h6-8,10,13-14,28H,9,11-12,15H2,1-5H3,(H,29,31). The predicted octanol–water partition coefficient (Wildman–Crippen LogP) is 4.15. The Bertz CT molecular complexity index is 1140. The minimum atomic E-state index is -0.0695. The van der Waals surface area contributed by atoms with E-state index in [1.165, 1.54) is 5.56 Å². The molecule has 0 atom stereocenters. The van der Waals surface area contributed by atoms with Gasteiger partial charge in [-0.3, -0.25) is 4.79 Å². The molecule has 0 saturated heterocycles. The number of aromatic nitrogens is 1. The average Bonchev–Trinajstić information content (AvgIpc) is 2.85. The first-order chi connectivity index (χ1) is 14.6. The molecule has 0 radical (unpaired) electrons. The SMILES string of the molecule is CNCCc1c(C)n(CC(=O)Nc2cccc(C(C)(C)C)c2)c2c1=C(Cl)C=C(Cl)CC=2. The molecular formula is C25H31Cl2N3O. The summed E-state index contributed by atoms with van der Waals surface area (Å²) in [6.45, 7) is 9.57. The van der Waals surface area contributed by atoms with Gasteiger partial charge in [0.25, 0.3) is 0 Å². The molecular weight excluding hydrogens is 429 g/mol. The fourth-order valence-electron chi connectivity index (χ4n) is 3.92. The zero-order chi connectivity index (χ0) is 22.8. The van der Waals surface area contributed by atoms with Gasteiger partial charge in [0.1, 0.15) is 6.54 Å². The van der Waals surface area contributed by atoms with Gasteiger partial charge in [0.15, 0.2) is 0 Å². The fourth-order valence-corrected chi connectivity index (χ4v) is 4.51. The van der Waals surface area contributed by atoms with Crippen LogP contribution in [0.25, 0.3) is 11.1 Å². The molecule has 1 aliphatic carbocycles. The molecule has 2 N–H and O–H groups in total. The maximum atomic E-state index is 13.0. The molecule has 0 saturated carbocycles. The highest BCUT2D eigenvalue weighted by Crippen LogP contribution is 2.24. The maximum Gasteiger partial charge on any atom is 0.244 e. The van der Waals surface area contributed by atoms with Crippen molar-refractivity contribution in [2.24, 2.45) is 0 Å². The van der Waals surface area contributed by atoms with Crippen LogP contribution in [0.3, 0.4) is 0 Å². The number of likely N-dealkylation sites (N-methyl/N-ethyl adjacent to an activating group) is 1. The summed E-state index contributed by atoms with van der Waals surface area (Å²) in [6, 6.07) is 8.03. The second-order valence-electron chi connectivity index (χ2n) is 8.99. The second kappa shape index (κ2) is 9.64. The van der Waals surface area contributed by atoms with Crippen molar-refractivity contribution in [2.75, 3.05) is 18.9 Å². The van der Waals surface area contributed by atoms with Crippen LogP contribution >= 0.6 is 23.2 Å². The molecule has 1 aliphatic rings. The number of hydrogen-bond acceptors (Lipinski definition) is 2. The van der Waals surface area contributed by atoms with E-state index < -0.39 is 0 Å². The minimum Gasteiger partial charge on any atom is -0.335 e. The smallest absolute Gasteiger partial charge is 0.244 e. The van der Waals surface area contributed by atoms with Gasteiger partial charge in [-0.1, -0.05) is 62.2 Å². The van der Waals surface area contributed by atoms with Gasteiger partial charge in [-0.25, -0.2) is 0 Å². The quantitative estimate of drug-likeness (QED) is 0.681. The van der Waals surface area contributed by atoms with Crippen molar-refractivity contribution in [1.82, 2.24) is 9.88 Å². The molecule has 2 aromatic rings. The van der Waals surface area contributed by atoms with Crippen molar-refractivity contribution in [2.45, 2.75) is 52.5 Å². The topological polar surface area (TPSA) is 46.1 Å². The molecule has 166 valence electrons. The maximum absolute atomic E-state index is 13.0. The van der Waals surface area contributed by atoms with Gasteiger partial charge in [-0.05, 0) is 61.7 Å². The number of benzene rings is 1. The van der Waals surface area contributed by atoms with Gasteiger partial charge < -0.3 is 15.2 Å². The fraction of sp³-hybridized carbons (Fsp3) is 0.400. The van der Waals surface area contributed by atoms with Gasteiger partial charge in [0.05, 0.1) is 5.03 Å². The number of anilines is 1. The monoisotopic (exact) mass is 459 g/mol. The van der Waals surface area contributed by atoms with Gasteiger partial charge >= 0.3 is 0 Å². The molecule has 1 aromatic carbocycles. The largest absolute Gasteiger partial charge is 0.335 e. The summed E-state index contributed by atoms with van der Waals surface area (Å²) in [4.78, 5) is 13.0. The van der Waals surface area contributed by atoms with Gasteiger partial charge in [-0.2, -0.15) is 0 Å². The van der Waals surface area contributed by atoms with Crippen LogP contribution in [-0.2, 0) is 23.2 Å². The number of halogens is 2. The lowest BCUT2D eigenvalue weighted by Gasteiger charge is -2.20. The molecule has 4 nitrogen and oxygen atoms in total. The molecule has 3 rings (SSSR count). The van der Waals surface area contributed by atoms with Gasteiger partial charge in [-0.15, -0.1) is 0 Å². The number of carbonyl (C=O) groups excluding carboxylic acids is 1. The number of rotatable bonds is 6. The lowest BCUT2D eigenvalue weighted by molar-refractivity contribution is -0.116.